The van der Waals surface area contributed by atoms with E-state index in [4.69, 9.17) is 20.9 Å². The Kier molecular flexibility index (Phi) is 3.78. The molecule has 1 heterocycles. The third-order valence-electron chi connectivity index (χ3n) is 3.09. The second kappa shape index (κ2) is 5.16. The van der Waals surface area contributed by atoms with Crippen LogP contribution < -0.4 is 20.9 Å². The second-order valence-corrected chi connectivity index (χ2v) is 5.54. The Morgan fingerprint density at radius 2 is 1.89 bits per heavy atom. The van der Waals surface area contributed by atoms with E-state index in [1.165, 1.54) is 0 Å². The van der Waals surface area contributed by atoms with Gasteiger partial charge in [0.25, 0.3) is 0 Å². The van der Waals surface area contributed by atoms with Gasteiger partial charge in [-0.25, -0.2) is 0 Å². The van der Waals surface area contributed by atoms with E-state index in [1.54, 1.807) is 0 Å². The molecule has 0 amide bonds. The normalized spacial score (nSPS) is 16.4. The van der Waals surface area contributed by atoms with Gasteiger partial charge < -0.3 is 20.9 Å². The SMILES string of the molecule is CC(C)(N)CCC(N)c1ccc2c(c1)OCCO2. The molecular formula is C14H22N2O2. The molecule has 0 saturated heterocycles. The van der Waals surface area contributed by atoms with Gasteiger partial charge in [-0.1, -0.05) is 6.07 Å². The van der Waals surface area contributed by atoms with Crippen molar-refractivity contribution in [2.24, 2.45) is 11.5 Å². The molecule has 1 atom stereocenters. The number of benzene rings is 1. The lowest BCUT2D eigenvalue weighted by Crippen LogP contribution is -2.32. The summed E-state index contributed by atoms with van der Waals surface area (Å²) in [5.41, 5.74) is 13.1. The zero-order valence-electron chi connectivity index (χ0n) is 11.1. The lowest BCUT2D eigenvalue weighted by Gasteiger charge is -2.23. The fraction of sp³-hybridized carbons (Fsp3) is 0.571. The number of nitrogens with two attached hydrogens (primary N) is 2. The third-order valence-corrected chi connectivity index (χ3v) is 3.09. The first-order valence-electron chi connectivity index (χ1n) is 6.40. The number of fused-ring (bicyclic) bond motifs is 1. The minimum absolute atomic E-state index is 0.0105. The maximum atomic E-state index is 6.18. The van der Waals surface area contributed by atoms with Crippen LogP contribution in [0, 0.1) is 0 Å². The Morgan fingerprint density at radius 1 is 1.22 bits per heavy atom. The number of rotatable bonds is 4. The molecule has 0 aliphatic carbocycles. The van der Waals surface area contributed by atoms with Crippen LogP contribution in [0.1, 0.15) is 38.3 Å². The van der Waals surface area contributed by atoms with Crippen molar-refractivity contribution in [3.63, 3.8) is 0 Å². The van der Waals surface area contributed by atoms with E-state index < -0.39 is 0 Å². The Hall–Kier alpha value is -1.26. The highest BCUT2D eigenvalue weighted by Crippen LogP contribution is 2.33. The van der Waals surface area contributed by atoms with Crippen LogP contribution in [0.2, 0.25) is 0 Å². The van der Waals surface area contributed by atoms with Gasteiger partial charge in [0, 0.05) is 11.6 Å². The first-order valence-corrected chi connectivity index (χ1v) is 6.40. The van der Waals surface area contributed by atoms with Crippen LogP contribution in [0.25, 0.3) is 0 Å². The molecule has 4 nitrogen and oxygen atoms in total. The van der Waals surface area contributed by atoms with Crippen molar-refractivity contribution >= 4 is 0 Å². The fourth-order valence-corrected chi connectivity index (χ4v) is 1.98. The van der Waals surface area contributed by atoms with E-state index in [0.29, 0.717) is 13.2 Å². The van der Waals surface area contributed by atoms with Crippen LogP contribution >= 0.6 is 0 Å². The second-order valence-electron chi connectivity index (χ2n) is 5.54. The highest BCUT2D eigenvalue weighted by Gasteiger charge is 2.17. The molecule has 1 aromatic carbocycles. The molecule has 0 fully saturated rings. The summed E-state index contributed by atoms with van der Waals surface area (Å²) in [4.78, 5) is 0. The molecule has 0 radical (unpaired) electrons. The molecule has 1 aliphatic rings. The summed E-state index contributed by atoms with van der Waals surface area (Å²) in [6.45, 7) is 5.24. The minimum atomic E-state index is -0.175. The molecule has 4 heteroatoms. The van der Waals surface area contributed by atoms with Gasteiger partial charge in [-0.3, -0.25) is 0 Å². The molecule has 4 N–H and O–H groups in total. The molecule has 18 heavy (non-hydrogen) atoms. The highest BCUT2D eigenvalue weighted by molar-refractivity contribution is 5.44. The Morgan fingerprint density at radius 3 is 2.56 bits per heavy atom. The summed E-state index contributed by atoms with van der Waals surface area (Å²) < 4.78 is 11.0. The van der Waals surface area contributed by atoms with Crippen LogP contribution in [-0.4, -0.2) is 18.8 Å². The van der Waals surface area contributed by atoms with E-state index >= 15 is 0 Å². The lowest BCUT2D eigenvalue weighted by atomic mass is 9.94. The number of hydrogen-bond donors (Lipinski definition) is 2. The lowest BCUT2D eigenvalue weighted by molar-refractivity contribution is 0.171. The predicted molar refractivity (Wildman–Crippen MR) is 71.9 cm³/mol. The Balaban J connectivity index is 2.04. The van der Waals surface area contributed by atoms with Crippen molar-refractivity contribution < 1.29 is 9.47 Å². The Bertz CT molecular complexity index is 413. The molecule has 1 aromatic rings. The van der Waals surface area contributed by atoms with Crippen molar-refractivity contribution in [3.05, 3.63) is 23.8 Å². The molecule has 0 bridgehead atoms. The van der Waals surface area contributed by atoms with Crippen molar-refractivity contribution in [2.45, 2.75) is 38.3 Å². The van der Waals surface area contributed by atoms with Gasteiger partial charge in [-0.2, -0.15) is 0 Å². The average molecular weight is 250 g/mol. The van der Waals surface area contributed by atoms with Crippen molar-refractivity contribution in [1.29, 1.82) is 0 Å². The summed E-state index contributed by atoms with van der Waals surface area (Å²) >= 11 is 0. The van der Waals surface area contributed by atoms with E-state index in [1.807, 2.05) is 32.0 Å². The zero-order valence-corrected chi connectivity index (χ0v) is 11.1. The molecule has 0 saturated carbocycles. The van der Waals surface area contributed by atoms with Crippen LogP contribution in [0.3, 0.4) is 0 Å². The largest absolute Gasteiger partial charge is 0.486 e. The van der Waals surface area contributed by atoms with Gasteiger partial charge in [0.1, 0.15) is 13.2 Å². The van der Waals surface area contributed by atoms with Gasteiger partial charge >= 0.3 is 0 Å². The molecule has 100 valence electrons. The topological polar surface area (TPSA) is 70.5 Å². The maximum Gasteiger partial charge on any atom is 0.161 e. The zero-order chi connectivity index (χ0) is 13.2. The van der Waals surface area contributed by atoms with Crippen LogP contribution in [0.15, 0.2) is 18.2 Å². The average Bonchev–Trinajstić information content (AvgIpc) is 2.34. The molecule has 0 aromatic heterocycles. The Labute approximate surface area is 108 Å². The molecule has 1 aliphatic heterocycles. The summed E-state index contributed by atoms with van der Waals surface area (Å²) in [6.07, 6.45) is 1.76. The van der Waals surface area contributed by atoms with E-state index in [9.17, 15) is 0 Å². The smallest absolute Gasteiger partial charge is 0.161 e. The fourth-order valence-electron chi connectivity index (χ4n) is 1.98. The number of hydrogen-bond acceptors (Lipinski definition) is 4. The highest BCUT2D eigenvalue weighted by atomic mass is 16.6. The third kappa shape index (κ3) is 3.37. The van der Waals surface area contributed by atoms with Gasteiger partial charge in [-0.15, -0.1) is 0 Å². The monoisotopic (exact) mass is 250 g/mol. The first kappa shape index (κ1) is 13.2. The van der Waals surface area contributed by atoms with Crippen molar-refractivity contribution in [2.75, 3.05) is 13.2 Å². The number of ether oxygens (including phenoxy) is 2. The quantitative estimate of drug-likeness (QED) is 0.857. The van der Waals surface area contributed by atoms with Crippen LogP contribution in [0.4, 0.5) is 0 Å². The summed E-state index contributed by atoms with van der Waals surface area (Å²) in [6, 6.07) is 5.89. The first-order chi connectivity index (χ1) is 8.46. The molecular weight excluding hydrogens is 228 g/mol. The summed E-state index contributed by atoms with van der Waals surface area (Å²) in [7, 11) is 0. The summed E-state index contributed by atoms with van der Waals surface area (Å²) in [5.74, 6) is 1.59. The van der Waals surface area contributed by atoms with Crippen LogP contribution in [0.5, 0.6) is 11.5 Å². The van der Waals surface area contributed by atoms with Gasteiger partial charge in [-0.05, 0) is 44.4 Å². The van der Waals surface area contributed by atoms with Gasteiger partial charge in [0.2, 0.25) is 0 Å². The van der Waals surface area contributed by atoms with E-state index in [-0.39, 0.29) is 11.6 Å². The standard InChI is InChI=1S/C14H22N2O2/c1-14(2,16)6-5-11(15)10-3-4-12-13(9-10)18-8-7-17-12/h3-4,9,11H,5-8,15-16H2,1-2H3. The van der Waals surface area contributed by atoms with E-state index in [0.717, 1.165) is 29.9 Å². The van der Waals surface area contributed by atoms with Gasteiger partial charge in [0.05, 0.1) is 0 Å². The molecule has 1 unspecified atom stereocenters. The minimum Gasteiger partial charge on any atom is -0.486 e. The molecule has 2 rings (SSSR count). The van der Waals surface area contributed by atoms with E-state index in [2.05, 4.69) is 0 Å². The summed E-state index contributed by atoms with van der Waals surface area (Å²) in [5, 5.41) is 0. The van der Waals surface area contributed by atoms with Gasteiger partial charge in [0.15, 0.2) is 11.5 Å². The predicted octanol–water partition coefficient (Wildman–Crippen LogP) is 1.98. The maximum absolute atomic E-state index is 6.18. The molecule has 0 spiro atoms. The van der Waals surface area contributed by atoms with Crippen LogP contribution in [-0.2, 0) is 0 Å². The van der Waals surface area contributed by atoms with Crippen molar-refractivity contribution in [1.82, 2.24) is 0 Å². The van der Waals surface area contributed by atoms with Crippen molar-refractivity contribution in [3.8, 4) is 11.5 Å².